The Bertz CT molecular complexity index is 488. The van der Waals surface area contributed by atoms with Crippen molar-refractivity contribution in [2.24, 2.45) is 5.92 Å². The number of nitrogen functional groups attached to an aromatic ring is 1. The largest absolute Gasteiger partial charge is 0.396 e. The third-order valence-electron chi connectivity index (χ3n) is 4.08. The molecular weight excluding hydrogens is 257 g/mol. The molecule has 0 aromatic heterocycles. The molecule has 1 aliphatic carbocycles. The number of nitrogens with one attached hydrogen (secondary N) is 1. The SMILES string of the molecule is CC(C(=O)Nc1ccc(F)c(N)c1)N(C)CC1CCC1. The number of amides is 1. The summed E-state index contributed by atoms with van der Waals surface area (Å²) in [4.78, 5) is 14.2. The van der Waals surface area contributed by atoms with E-state index in [2.05, 4.69) is 10.2 Å². The van der Waals surface area contributed by atoms with Crippen LogP contribution in [0.1, 0.15) is 26.2 Å². The molecule has 1 unspecified atom stereocenters. The van der Waals surface area contributed by atoms with Gasteiger partial charge in [0.05, 0.1) is 11.7 Å². The summed E-state index contributed by atoms with van der Waals surface area (Å²) in [6.07, 6.45) is 3.81. The van der Waals surface area contributed by atoms with Crippen LogP contribution < -0.4 is 11.1 Å². The average Bonchev–Trinajstić information content (AvgIpc) is 2.37. The summed E-state index contributed by atoms with van der Waals surface area (Å²) < 4.78 is 13.1. The second-order valence-corrected chi connectivity index (χ2v) is 5.64. The van der Waals surface area contributed by atoms with Crippen LogP contribution in [0.5, 0.6) is 0 Å². The van der Waals surface area contributed by atoms with Gasteiger partial charge in [-0.25, -0.2) is 4.39 Å². The second-order valence-electron chi connectivity index (χ2n) is 5.64. The standard InChI is InChI=1S/C15H22FN3O/c1-10(19(2)9-11-4-3-5-11)15(20)18-12-6-7-13(16)14(17)8-12/h6-8,10-11H,3-5,9,17H2,1-2H3,(H,18,20). The quantitative estimate of drug-likeness (QED) is 0.814. The van der Waals surface area contributed by atoms with Crippen molar-refractivity contribution in [3.63, 3.8) is 0 Å². The number of rotatable bonds is 5. The Hall–Kier alpha value is -1.62. The van der Waals surface area contributed by atoms with Crippen LogP contribution in [-0.4, -0.2) is 30.4 Å². The number of carbonyl (C=O) groups is 1. The number of hydrogen-bond acceptors (Lipinski definition) is 3. The Morgan fingerprint density at radius 1 is 1.55 bits per heavy atom. The van der Waals surface area contributed by atoms with Gasteiger partial charge in [0, 0.05) is 12.2 Å². The summed E-state index contributed by atoms with van der Waals surface area (Å²) in [5.74, 6) is 0.146. The van der Waals surface area contributed by atoms with Gasteiger partial charge in [0.15, 0.2) is 0 Å². The average molecular weight is 279 g/mol. The minimum atomic E-state index is -0.474. The van der Waals surface area contributed by atoms with E-state index >= 15 is 0 Å². The summed E-state index contributed by atoms with van der Waals surface area (Å²) in [5.41, 5.74) is 6.05. The highest BCUT2D eigenvalue weighted by atomic mass is 19.1. The molecule has 5 heteroatoms. The highest BCUT2D eigenvalue weighted by Gasteiger charge is 2.24. The minimum Gasteiger partial charge on any atom is -0.396 e. The lowest BCUT2D eigenvalue weighted by Gasteiger charge is -2.32. The van der Waals surface area contributed by atoms with Crippen LogP contribution in [0.2, 0.25) is 0 Å². The highest BCUT2D eigenvalue weighted by molar-refractivity contribution is 5.94. The summed E-state index contributed by atoms with van der Waals surface area (Å²) >= 11 is 0. The molecule has 0 radical (unpaired) electrons. The summed E-state index contributed by atoms with van der Waals surface area (Å²) in [5, 5.41) is 2.77. The van der Waals surface area contributed by atoms with Crippen molar-refractivity contribution in [3.8, 4) is 0 Å². The van der Waals surface area contributed by atoms with E-state index in [-0.39, 0.29) is 17.6 Å². The molecule has 0 saturated heterocycles. The number of likely N-dealkylation sites (N-methyl/N-ethyl adjacent to an activating group) is 1. The van der Waals surface area contributed by atoms with Crippen molar-refractivity contribution in [2.75, 3.05) is 24.6 Å². The van der Waals surface area contributed by atoms with E-state index in [1.165, 1.54) is 37.5 Å². The second kappa shape index (κ2) is 6.22. The van der Waals surface area contributed by atoms with Crippen LogP contribution in [0.3, 0.4) is 0 Å². The number of halogens is 1. The van der Waals surface area contributed by atoms with Gasteiger partial charge < -0.3 is 11.1 Å². The van der Waals surface area contributed by atoms with Crippen LogP contribution in [0, 0.1) is 11.7 Å². The predicted molar refractivity (Wildman–Crippen MR) is 78.9 cm³/mol. The number of anilines is 2. The van der Waals surface area contributed by atoms with Gasteiger partial charge in [-0.05, 0) is 50.9 Å². The molecule has 4 nitrogen and oxygen atoms in total. The van der Waals surface area contributed by atoms with Gasteiger partial charge in [0.1, 0.15) is 5.82 Å². The molecule has 1 amide bonds. The van der Waals surface area contributed by atoms with Gasteiger partial charge in [0.2, 0.25) is 5.91 Å². The first-order valence-corrected chi connectivity index (χ1v) is 7.03. The fourth-order valence-electron chi connectivity index (χ4n) is 2.31. The summed E-state index contributed by atoms with van der Waals surface area (Å²) in [6.45, 7) is 2.82. The Labute approximate surface area is 119 Å². The molecule has 1 fully saturated rings. The third kappa shape index (κ3) is 3.48. The van der Waals surface area contributed by atoms with Crippen molar-refractivity contribution in [1.82, 2.24) is 4.90 Å². The van der Waals surface area contributed by atoms with E-state index in [0.29, 0.717) is 5.69 Å². The van der Waals surface area contributed by atoms with E-state index in [1.54, 1.807) is 0 Å². The van der Waals surface area contributed by atoms with Crippen LogP contribution in [0.25, 0.3) is 0 Å². The highest BCUT2D eigenvalue weighted by Crippen LogP contribution is 2.27. The Morgan fingerprint density at radius 2 is 2.25 bits per heavy atom. The topological polar surface area (TPSA) is 58.4 Å². The maximum atomic E-state index is 13.1. The Morgan fingerprint density at radius 3 is 2.80 bits per heavy atom. The Balaban J connectivity index is 1.90. The van der Waals surface area contributed by atoms with Crippen molar-refractivity contribution >= 4 is 17.3 Å². The fourth-order valence-corrected chi connectivity index (χ4v) is 2.31. The van der Waals surface area contributed by atoms with Gasteiger partial charge >= 0.3 is 0 Å². The molecule has 0 bridgehead atoms. The van der Waals surface area contributed by atoms with Crippen molar-refractivity contribution < 1.29 is 9.18 Å². The lowest BCUT2D eigenvalue weighted by molar-refractivity contribution is -0.120. The van der Waals surface area contributed by atoms with Crippen molar-refractivity contribution in [1.29, 1.82) is 0 Å². The number of nitrogens with two attached hydrogens (primary N) is 1. The van der Waals surface area contributed by atoms with E-state index < -0.39 is 5.82 Å². The van der Waals surface area contributed by atoms with E-state index in [0.717, 1.165) is 12.5 Å². The minimum absolute atomic E-state index is 0.0401. The monoisotopic (exact) mass is 279 g/mol. The molecule has 1 atom stereocenters. The zero-order valence-electron chi connectivity index (χ0n) is 12.0. The number of benzene rings is 1. The molecule has 1 aromatic carbocycles. The molecule has 0 spiro atoms. The molecule has 0 heterocycles. The van der Waals surface area contributed by atoms with Gasteiger partial charge in [-0.1, -0.05) is 6.42 Å². The van der Waals surface area contributed by atoms with E-state index in [9.17, 15) is 9.18 Å². The van der Waals surface area contributed by atoms with E-state index in [4.69, 9.17) is 5.73 Å². The molecular formula is C15H22FN3O. The molecule has 1 saturated carbocycles. The van der Waals surface area contributed by atoms with Gasteiger partial charge in [-0.3, -0.25) is 9.69 Å². The molecule has 110 valence electrons. The van der Waals surface area contributed by atoms with Gasteiger partial charge in [-0.15, -0.1) is 0 Å². The third-order valence-corrected chi connectivity index (χ3v) is 4.08. The lowest BCUT2D eigenvalue weighted by atomic mass is 9.85. The van der Waals surface area contributed by atoms with E-state index in [1.807, 2.05) is 14.0 Å². The normalized spacial score (nSPS) is 16.8. The van der Waals surface area contributed by atoms with Crippen LogP contribution in [-0.2, 0) is 4.79 Å². The number of nitrogens with zero attached hydrogens (tertiary/aromatic N) is 1. The number of carbonyl (C=O) groups excluding carboxylic acids is 1. The van der Waals surface area contributed by atoms with Gasteiger partial charge in [-0.2, -0.15) is 0 Å². The smallest absolute Gasteiger partial charge is 0.241 e. The Kier molecular flexibility index (Phi) is 4.60. The van der Waals surface area contributed by atoms with Crippen LogP contribution >= 0.6 is 0 Å². The molecule has 20 heavy (non-hydrogen) atoms. The first kappa shape index (κ1) is 14.8. The van der Waals surface area contributed by atoms with Crippen LogP contribution in [0.4, 0.5) is 15.8 Å². The lowest BCUT2D eigenvalue weighted by Crippen LogP contribution is -2.42. The summed E-state index contributed by atoms with van der Waals surface area (Å²) in [7, 11) is 1.96. The molecule has 0 aliphatic heterocycles. The molecule has 1 aliphatic rings. The van der Waals surface area contributed by atoms with Crippen molar-refractivity contribution in [2.45, 2.75) is 32.2 Å². The molecule has 3 N–H and O–H groups in total. The van der Waals surface area contributed by atoms with Gasteiger partial charge in [0.25, 0.3) is 0 Å². The fraction of sp³-hybridized carbons (Fsp3) is 0.533. The molecule has 1 aromatic rings. The predicted octanol–water partition coefficient (Wildman–Crippen LogP) is 2.47. The zero-order valence-corrected chi connectivity index (χ0v) is 12.0. The summed E-state index contributed by atoms with van der Waals surface area (Å²) in [6, 6.07) is 3.99. The first-order chi connectivity index (χ1) is 9.47. The van der Waals surface area contributed by atoms with Crippen LogP contribution in [0.15, 0.2) is 18.2 Å². The first-order valence-electron chi connectivity index (χ1n) is 7.03. The maximum absolute atomic E-state index is 13.1. The van der Waals surface area contributed by atoms with Crippen molar-refractivity contribution in [3.05, 3.63) is 24.0 Å². The zero-order chi connectivity index (χ0) is 14.7. The maximum Gasteiger partial charge on any atom is 0.241 e. The number of hydrogen-bond donors (Lipinski definition) is 2. The molecule has 2 rings (SSSR count).